The molecule has 1 saturated carbocycles. The van der Waals surface area contributed by atoms with Crippen LogP contribution in [-0.4, -0.2) is 48.0 Å². The maximum absolute atomic E-state index is 9.22. The summed E-state index contributed by atoms with van der Waals surface area (Å²) in [5.41, 5.74) is 0. The van der Waals surface area contributed by atoms with E-state index in [1.54, 1.807) is 0 Å². The number of nitrogens with zero attached hydrogens (tertiary/aromatic N) is 1. The van der Waals surface area contributed by atoms with Crippen LogP contribution in [0.2, 0.25) is 0 Å². The Hall–Kier alpha value is -0.120. The molecule has 1 unspecified atom stereocenters. The monoisotopic (exact) mass is 213 g/mol. The van der Waals surface area contributed by atoms with Crippen LogP contribution in [0.1, 0.15) is 39.0 Å². The van der Waals surface area contributed by atoms with Crippen molar-refractivity contribution in [2.75, 3.05) is 19.7 Å². The lowest BCUT2D eigenvalue weighted by Crippen LogP contribution is -2.56. The maximum Gasteiger partial charge on any atom is 0.0936 e. The minimum absolute atomic E-state index is 0.0518. The smallest absolute Gasteiger partial charge is 0.0936 e. The fourth-order valence-electron chi connectivity index (χ4n) is 2.99. The van der Waals surface area contributed by atoms with Crippen LogP contribution in [0, 0.1) is 0 Å². The molecule has 2 aliphatic rings. The van der Waals surface area contributed by atoms with E-state index in [1.165, 1.54) is 32.1 Å². The topological polar surface area (TPSA) is 32.7 Å². The molecule has 0 aromatic rings. The number of morpholine rings is 1. The van der Waals surface area contributed by atoms with Crippen molar-refractivity contribution in [3.05, 3.63) is 0 Å². The van der Waals surface area contributed by atoms with Crippen LogP contribution in [0.5, 0.6) is 0 Å². The Morgan fingerprint density at radius 1 is 1.33 bits per heavy atom. The first kappa shape index (κ1) is 11.4. The molecule has 0 bridgehead atoms. The van der Waals surface area contributed by atoms with Crippen molar-refractivity contribution in [3.63, 3.8) is 0 Å². The average molecular weight is 213 g/mol. The average Bonchev–Trinajstić information content (AvgIpc) is 2.29. The van der Waals surface area contributed by atoms with E-state index < -0.39 is 0 Å². The third-order valence-corrected chi connectivity index (χ3v) is 3.66. The van der Waals surface area contributed by atoms with Crippen molar-refractivity contribution in [3.8, 4) is 0 Å². The van der Waals surface area contributed by atoms with Crippen molar-refractivity contribution in [1.29, 1.82) is 0 Å². The Morgan fingerprint density at radius 3 is 2.87 bits per heavy atom. The SMILES string of the molecule is CCCN1C[C@@H](CO)OC2CCCC[C@H]21. The highest BCUT2D eigenvalue weighted by Gasteiger charge is 2.37. The number of aliphatic hydroxyl groups excluding tert-OH is 1. The molecule has 88 valence electrons. The Bertz CT molecular complexity index is 198. The fraction of sp³-hybridized carbons (Fsp3) is 1.00. The maximum atomic E-state index is 9.22. The van der Waals surface area contributed by atoms with Gasteiger partial charge >= 0.3 is 0 Å². The largest absolute Gasteiger partial charge is 0.394 e. The van der Waals surface area contributed by atoms with Gasteiger partial charge in [-0.2, -0.15) is 0 Å². The highest BCUT2D eigenvalue weighted by Crippen LogP contribution is 2.30. The van der Waals surface area contributed by atoms with Gasteiger partial charge in [0.15, 0.2) is 0 Å². The normalized spacial score (nSPS) is 37.6. The molecule has 0 aromatic carbocycles. The number of fused-ring (bicyclic) bond motifs is 1. The standard InChI is InChI=1S/C12H23NO2/c1-2-7-13-8-10(9-14)15-12-6-4-3-5-11(12)13/h10-12,14H,2-9H2,1H3/t10-,11+,12?/m0/s1. The van der Waals surface area contributed by atoms with Gasteiger partial charge in [0.1, 0.15) is 0 Å². The first-order valence-electron chi connectivity index (χ1n) is 6.35. The van der Waals surface area contributed by atoms with Crippen molar-refractivity contribution < 1.29 is 9.84 Å². The van der Waals surface area contributed by atoms with Gasteiger partial charge in [-0.3, -0.25) is 4.90 Å². The van der Waals surface area contributed by atoms with E-state index >= 15 is 0 Å². The van der Waals surface area contributed by atoms with Crippen LogP contribution in [0.25, 0.3) is 0 Å². The van der Waals surface area contributed by atoms with Gasteiger partial charge in [-0.05, 0) is 25.8 Å². The van der Waals surface area contributed by atoms with Gasteiger partial charge in [-0.15, -0.1) is 0 Å². The van der Waals surface area contributed by atoms with Gasteiger partial charge in [-0.25, -0.2) is 0 Å². The highest BCUT2D eigenvalue weighted by molar-refractivity contribution is 4.89. The van der Waals surface area contributed by atoms with E-state index in [9.17, 15) is 5.11 Å². The molecule has 3 heteroatoms. The van der Waals surface area contributed by atoms with E-state index in [4.69, 9.17) is 4.74 Å². The molecule has 1 saturated heterocycles. The number of rotatable bonds is 3. The zero-order valence-corrected chi connectivity index (χ0v) is 9.69. The summed E-state index contributed by atoms with van der Waals surface area (Å²) >= 11 is 0. The zero-order valence-electron chi connectivity index (χ0n) is 9.69. The summed E-state index contributed by atoms with van der Waals surface area (Å²) in [4.78, 5) is 2.54. The number of ether oxygens (including phenoxy) is 1. The van der Waals surface area contributed by atoms with E-state index in [0.717, 1.165) is 13.1 Å². The molecule has 0 spiro atoms. The second-order valence-corrected chi connectivity index (χ2v) is 4.83. The summed E-state index contributed by atoms with van der Waals surface area (Å²) in [7, 11) is 0. The summed E-state index contributed by atoms with van der Waals surface area (Å²) in [6.45, 7) is 4.47. The van der Waals surface area contributed by atoms with Gasteiger partial charge in [0, 0.05) is 12.6 Å². The van der Waals surface area contributed by atoms with Crippen LogP contribution in [0.4, 0.5) is 0 Å². The van der Waals surface area contributed by atoms with Gasteiger partial charge in [0.2, 0.25) is 0 Å². The summed E-state index contributed by atoms with van der Waals surface area (Å²) < 4.78 is 5.92. The molecular weight excluding hydrogens is 190 g/mol. The minimum Gasteiger partial charge on any atom is -0.394 e. The minimum atomic E-state index is 0.0518. The van der Waals surface area contributed by atoms with Crippen LogP contribution < -0.4 is 0 Å². The molecule has 0 radical (unpaired) electrons. The first-order valence-corrected chi connectivity index (χ1v) is 6.35. The number of aliphatic hydroxyl groups is 1. The third kappa shape index (κ3) is 2.52. The summed E-state index contributed by atoms with van der Waals surface area (Å²) in [5, 5.41) is 9.22. The van der Waals surface area contributed by atoms with Crippen LogP contribution >= 0.6 is 0 Å². The van der Waals surface area contributed by atoms with Gasteiger partial charge in [-0.1, -0.05) is 19.8 Å². The molecule has 1 heterocycles. The fourth-order valence-corrected chi connectivity index (χ4v) is 2.99. The summed E-state index contributed by atoms with van der Waals surface area (Å²) in [6.07, 6.45) is 6.73. The predicted molar refractivity (Wildman–Crippen MR) is 59.9 cm³/mol. The van der Waals surface area contributed by atoms with E-state index in [2.05, 4.69) is 11.8 Å². The van der Waals surface area contributed by atoms with Crippen molar-refractivity contribution >= 4 is 0 Å². The molecule has 1 aliphatic carbocycles. The number of hydrogen-bond donors (Lipinski definition) is 1. The second-order valence-electron chi connectivity index (χ2n) is 4.83. The second kappa shape index (κ2) is 5.28. The Morgan fingerprint density at radius 2 is 2.13 bits per heavy atom. The molecule has 3 nitrogen and oxygen atoms in total. The predicted octanol–water partition coefficient (Wildman–Crippen LogP) is 1.40. The molecule has 1 aliphatic heterocycles. The lowest BCUT2D eigenvalue weighted by atomic mass is 9.89. The highest BCUT2D eigenvalue weighted by atomic mass is 16.5. The van der Waals surface area contributed by atoms with E-state index in [-0.39, 0.29) is 12.7 Å². The van der Waals surface area contributed by atoms with Crippen LogP contribution in [0.3, 0.4) is 0 Å². The van der Waals surface area contributed by atoms with Crippen LogP contribution in [-0.2, 0) is 4.74 Å². The first-order chi connectivity index (χ1) is 7.35. The molecule has 0 amide bonds. The van der Waals surface area contributed by atoms with Crippen molar-refractivity contribution in [2.24, 2.45) is 0 Å². The Kier molecular flexibility index (Phi) is 4.00. The summed E-state index contributed by atoms with van der Waals surface area (Å²) in [5.74, 6) is 0. The van der Waals surface area contributed by atoms with Gasteiger partial charge in [0.05, 0.1) is 18.8 Å². The molecule has 0 aromatic heterocycles. The Balaban J connectivity index is 1.99. The molecule has 2 fully saturated rings. The lowest BCUT2D eigenvalue weighted by Gasteiger charge is -2.46. The number of hydrogen-bond acceptors (Lipinski definition) is 3. The van der Waals surface area contributed by atoms with E-state index in [1.807, 2.05) is 0 Å². The van der Waals surface area contributed by atoms with Gasteiger partial charge < -0.3 is 9.84 Å². The summed E-state index contributed by atoms with van der Waals surface area (Å²) in [6, 6.07) is 0.626. The quantitative estimate of drug-likeness (QED) is 0.769. The van der Waals surface area contributed by atoms with E-state index in [0.29, 0.717) is 12.1 Å². The van der Waals surface area contributed by atoms with Crippen LogP contribution in [0.15, 0.2) is 0 Å². The molecule has 3 atom stereocenters. The molecule has 2 rings (SSSR count). The van der Waals surface area contributed by atoms with Crippen molar-refractivity contribution in [1.82, 2.24) is 4.90 Å². The Labute approximate surface area is 92.4 Å². The van der Waals surface area contributed by atoms with Gasteiger partial charge in [0.25, 0.3) is 0 Å². The van der Waals surface area contributed by atoms with Crippen molar-refractivity contribution in [2.45, 2.75) is 57.3 Å². The molecule has 15 heavy (non-hydrogen) atoms. The molecule has 1 N–H and O–H groups in total. The third-order valence-electron chi connectivity index (χ3n) is 3.66. The molecular formula is C12H23NO2. The zero-order chi connectivity index (χ0) is 10.7. The lowest BCUT2D eigenvalue weighted by molar-refractivity contribution is -0.145.